The van der Waals surface area contributed by atoms with Crippen LogP contribution in [0.1, 0.15) is 23.6 Å². The van der Waals surface area contributed by atoms with Crippen LogP contribution in [0.4, 0.5) is 13.2 Å². The van der Waals surface area contributed by atoms with Crippen molar-refractivity contribution in [3.05, 3.63) is 71.3 Å². The lowest BCUT2D eigenvalue weighted by Gasteiger charge is -2.56. The summed E-state index contributed by atoms with van der Waals surface area (Å²) in [5.41, 5.74) is 1.37. The minimum Gasteiger partial charge on any atom is -0.406 e. The summed E-state index contributed by atoms with van der Waals surface area (Å²) in [6.45, 7) is 4.39. The van der Waals surface area contributed by atoms with Crippen LogP contribution < -0.4 is 4.74 Å². The molecule has 2 aromatic rings. The van der Waals surface area contributed by atoms with Crippen molar-refractivity contribution in [1.82, 2.24) is 4.90 Å². The normalized spacial score (nSPS) is 20.9. The maximum Gasteiger partial charge on any atom is 0.573 e. The number of halogens is 3. The van der Waals surface area contributed by atoms with Gasteiger partial charge in [0.25, 0.3) is 0 Å². The number of rotatable bonds is 5. The summed E-state index contributed by atoms with van der Waals surface area (Å²) in [5.74, 6) is -0.313. The third kappa shape index (κ3) is 3.73. The fourth-order valence-electron chi connectivity index (χ4n) is 4.67. The summed E-state index contributed by atoms with van der Waals surface area (Å²) >= 11 is 0. The lowest BCUT2D eigenvalue weighted by molar-refractivity contribution is -0.274. The molecule has 0 aliphatic carbocycles. The molecule has 0 aromatic heterocycles. The predicted octanol–water partition coefficient (Wildman–Crippen LogP) is 4.19. The zero-order valence-corrected chi connectivity index (χ0v) is 16.9. The third-order valence-corrected chi connectivity index (χ3v) is 5.97. The van der Waals surface area contributed by atoms with Crippen LogP contribution in [-0.4, -0.2) is 49.7 Å². The monoisotopic (exact) mass is 419 g/mol. The molecule has 1 atom stereocenters. The summed E-state index contributed by atoms with van der Waals surface area (Å²) < 4.78 is 47.0. The maximum atomic E-state index is 12.5. The molecule has 0 spiro atoms. The number of likely N-dealkylation sites (tertiary alicyclic amines) is 1. The first-order chi connectivity index (χ1) is 14.1. The van der Waals surface area contributed by atoms with Gasteiger partial charge < -0.3 is 19.5 Å². The first-order valence-corrected chi connectivity index (χ1v) is 9.76. The van der Waals surface area contributed by atoms with E-state index in [2.05, 4.69) is 9.64 Å². The van der Waals surface area contributed by atoms with E-state index in [1.54, 1.807) is 0 Å². The second kappa shape index (κ2) is 7.41. The second-order valence-electron chi connectivity index (χ2n) is 8.34. The number of hydrogen-bond donors (Lipinski definition) is 1. The van der Waals surface area contributed by atoms with E-state index in [0.29, 0.717) is 37.4 Å². The van der Waals surface area contributed by atoms with E-state index in [1.165, 1.54) is 24.3 Å². The summed E-state index contributed by atoms with van der Waals surface area (Å²) in [6.07, 6.45) is -2.74. The fourth-order valence-corrected chi connectivity index (χ4v) is 4.67. The molecule has 0 radical (unpaired) electrons. The van der Waals surface area contributed by atoms with Gasteiger partial charge in [-0.1, -0.05) is 43.3 Å². The Morgan fingerprint density at radius 1 is 1.07 bits per heavy atom. The van der Waals surface area contributed by atoms with Crippen molar-refractivity contribution in [1.29, 1.82) is 0 Å². The number of alkyl halides is 3. The Morgan fingerprint density at radius 2 is 1.77 bits per heavy atom. The van der Waals surface area contributed by atoms with E-state index in [-0.39, 0.29) is 5.75 Å². The van der Waals surface area contributed by atoms with E-state index < -0.39 is 17.4 Å². The van der Waals surface area contributed by atoms with Gasteiger partial charge >= 0.3 is 6.36 Å². The lowest BCUT2D eigenvalue weighted by atomic mass is 9.62. The largest absolute Gasteiger partial charge is 0.573 e. The molecule has 1 fully saturated rings. The molecule has 2 aliphatic rings. The minimum absolute atomic E-state index is 0.313. The van der Waals surface area contributed by atoms with Gasteiger partial charge in [0.1, 0.15) is 11.4 Å². The number of benzene rings is 2. The molecule has 1 N–H and O–H groups in total. The molecular weight excluding hydrogens is 395 g/mol. The Labute approximate surface area is 173 Å². The van der Waals surface area contributed by atoms with Crippen LogP contribution in [0.25, 0.3) is 5.57 Å². The van der Waals surface area contributed by atoms with E-state index in [4.69, 9.17) is 4.74 Å². The highest BCUT2D eigenvalue weighted by atomic mass is 19.4. The standard InChI is InChI=1S/C23H24F3NO3/c1-21(14-27(2)15-21)22(28,18-6-8-20(9-7-18)30-23(24,25)26)19-5-3-4-16(12-19)17-10-11-29-13-17/h3-10,12,28H,11,13-15H2,1-2H3. The Hall–Kier alpha value is -2.35. The molecule has 1 unspecified atom stereocenters. The van der Waals surface area contributed by atoms with Crippen molar-refractivity contribution >= 4 is 5.57 Å². The quantitative estimate of drug-likeness (QED) is 0.789. The molecule has 0 saturated carbocycles. The van der Waals surface area contributed by atoms with Crippen molar-refractivity contribution in [2.45, 2.75) is 18.9 Å². The summed E-state index contributed by atoms with van der Waals surface area (Å²) in [7, 11) is 1.97. The lowest BCUT2D eigenvalue weighted by Crippen LogP contribution is -2.63. The van der Waals surface area contributed by atoms with Crippen molar-refractivity contribution in [3.63, 3.8) is 0 Å². The summed E-state index contributed by atoms with van der Waals surface area (Å²) in [5, 5.41) is 12.1. The smallest absolute Gasteiger partial charge is 0.406 e. The Bertz CT molecular complexity index is 949. The van der Waals surface area contributed by atoms with Crippen molar-refractivity contribution < 1.29 is 27.8 Å². The average Bonchev–Trinajstić information content (AvgIpc) is 3.20. The van der Waals surface area contributed by atoms with Gasteiger partial charge in [0.05, 0.1) is 13.2 Å². The molecule has 4 rings (SSSR count). The molecular formula is C23H24F3NO3. The van der Waals surface area contributed by atoms with Gasteiger partial charge in [-0.05, 0) is 47.5 Å². The van der Waals surface area contributed by atoms with E-state index in [9.17, 15) is 18.3 Å². The average molecular weight is 419 g/mol. The van der Waals surface area contributed by atoms with Gasteiger partial charge in [0.15, 0.2) is 0 Å². The third-order valence-electron chi connectivity index (χ3n) is 5.97. The van der Waals surface area contributed by atoms with Crippen molar-refractivity contribution in [2.75, 3.05) is 33.4 Å². The Kier molecular flexibility index (Phi) is 5.16. The van der Waals surface area contributed by atoms with Crippen molar-refractivity contribution in [2.24, 2.45) is 5.41 Å². The van der Waals surface area contributed by atoms with Gasteiger partial charge in [0, 0.05) is 18.5 Å². The zero-order valence-electron chi connectivity index (χ0n) is 16.9. The number of aliphatic hydroxyl groups is 1. The first-order valence-electron chi connectivity index (χ1n) is 9.76. The van der Waals surface area contributed by atoms with Crippen LogP contribution >= 0.6 is 0 Å². The van der Waals surface area contributed by atoms with Gasteiger partial charge in [-0.15, -0.1) is 13.2 Å². The number of nitrogens with zero attached hydrogens (tertiary/aromatic N) is 1. The van der Waals surface area contributed by atoms with E-state index in [1.807, 2.05) is 44.3 Å². The number of ether oxygens (including phenoxy) is 2. The van der Waals surface area contributed by atoms with Gasteiger partial charge in [-0.3, -0.25) is 0 Å². The van der Waals surface area contributed by atoms with Crippen LogP contribution in [0.5, 0.6) is 5.75 Å². The van der Waals surface area contributed by atoms with Gasteiger partial charge in [-0.25, -0.2) is 0 Å². The molecule has 7 heteroatoms. The molecule has 2 aromatic carbocycles. The maximum absolute atomic E-state index is 12.5. The molecule has 0 bridgehead atoms. The fraction of sp³-hybridized carbons (Fsp3) is 0.391. The van der Waals surface area contributed by atoms with Crippen molar-refractivity contribution in [3.8, 4) is 5.75 Å². The molecule has 0 amide bonds. The zero-order chi connectivity index (χ0) is 21.6. The van der Waals surface area contributed by atoms with Crippen LogP contribution in [0, 0.1) is 5.41 Å². The molecule has 30 heavy (non-hydrogen) atoms. The molecule has 4 nitrogen and oxygen atoms in total. The Balaban J connectivity index is 1.76. The van der Waals surface area contributed by atoms with E-state index in [0.717, 1.165) is 11.1 Å². The van der Waals surface area contributed by atoms with Crippen LogP contribution in [0.3, 0.4) is 0 Å². The summed E-state index contributed by atoms with van der Waals surface area (Å²) in [6, 6.07) is 13.2. The second-order valence-corrected chi connectivity index (χ2v) is 8.34. The van der Waals surface area contributed by atoms with E-state index >= 15 is 0 Å². The van der Waals surface area contributed by atoms with Gasteiger partial charge in [-0.2, -0.15) is 0 Å². The van der Waals surface area contributed by atoms with Crippen LogP contribution in [0.2, 0.25) is 0 Å². The van der Waals surface area contributed by atoms with Crippen LogP contribution in [0.15, 0.2) is 54.6 Å². The van der Waals surface area contributed by atoms with Crippen LogP contribution in [-0.2, 0) is 10.3 Å². The molecule has 2 aliphatic heterocycles. The summed E-state index contributed by atoms with van der Waals surface area (Å²) in [4.78, 5) is 2.10. The Morgan fingerprint density at radius 3 is 2.33 bits per heavy atom. The highest BCUT2D eigenvalue weighted by molar-refractivity contribution is 5.68. The highest BCUT2D eigenvalue weighted by Gasteiger charge is 2.55. The number of hydrogen-bond acceptors (Lipinski definition) is 4. The predicted molar refractivity (Wildman–Crippen MR) is 107 cm³/mol. The molecule has 1 saturated heterocycles. The highest BCUT2D eigenvalue weighted by Crippen LogP contribution is 2.50. The first kappa shape index (κ1) is 20.9. The SMILES string of the molecule is CN1CC(C)(C(O)(c2ccc(OC(F)(F)F)cc2)c2cccc(C3=CCOC3)c2)C1. The topological polar surface area (TPSA) is 41.9 Å². The van der Waals surface area contributed by atoms with Gasteiger partial charge in [0.2, 0.25) is 0 Å². The molecule has 160 valence electrons. The minimum atomic E-state index is -4.76. The molecule has 2 heterocycles.